The molecule has 0 spiro atoms. The first-order valence-electron chi connectivity index (χ1n) is 11.3. The van der Waals surface area contributed by atoms with Crippen LogP contribution >= 0.6 is 11.6 Å². The summed E-state index contributed by atoms with van der Waals surface area (Å²) in [6.07, 6.45) is 3.48. The van der Waals surface area contributed by atoms with Gasteiger partial charge in [-0.3, -0.25) is 14.6 Å². The number of hydrogen-bond donors (Lipinski definition) is 2. The zero-order chi connectivity index (χ0) is 24.6. The van der Waals surface area contributed by atoms with Gasteiger partial charge in [0.2, 0.25) is 17.8 Å². The van der Waals surface area contributed by atoms with E-state index in [1.807, 2.05) is 18.7 Å². The van der Waals surface area contributed by atoms with E-state index in [4.69, 9.17) is 27.8 Å². The monoisotopic (exact) mass is 487 g/mol. The van der Waals surface area contributed by atoms with E-state index < -0.39 is 0 Å². The number of pyridine rings is 1. The van der Waals surface area contributed by atoms with Gasteiger partial charge in [0.15, 0.2) is 0 Å². The van der Waals surface area contributed by atoms with E-state index in [2.05, 4.69) is 15.0 Å². The van der Waals surface area contributed by atoms with Gasteiger partial charge in [0.05, 0.1) is 25.3 Å². The molecular weight excluding hydrogens is 458 g/mol. The van der Waals surface area contributed by atoms with Crippen molar-refractivity contribution in [1.82, 2.24) is 19.9 Å². The Kier molecular flexibility index (Phi) is 6.79. The largest absolute Gasteiger partial charge is 0.496 e. The Morgan fingerprint density at radius 1 is 1.26 bits per heavy atom. The van der Waals surface area contributed by atoms with Crippen LogP contribution in [-0.4, -0.2) is 58.4 Å². The Morgan fingerprint density at radius 3 is 2.74 bits per heavy atom. The molecule has 0 aliphatic carbocycles. The van der Waals surface area contributed by atoms with Crippen molar-refractivity contribution in [1.29, 1.82) is 0 Å². The van der Waals surface area contributed by atoms with E-state index in [0.29, 0.717) is 44.0 Å². The lowest BCUT2D eigenvalue weighted by Crippen LogP contribution is -2.44. The normalized spacial score (nSPS) is 19.8. The topological polar surface area (TPSA) is 141 Å². The van der Waals surface area contributed by atoms with Gasteiger partial charge in [-0.05, 0) is 26.7 Å². The molecule has 0 aromatic carbocycles. The second kappa shape index (κ2) is 9.61. The third-order valence-electron chi connectivity index (χ3n) is 6.73. The minimum absolute atomic E-state index is 0.0389. The fourth-order valence-corrected chi connectivity index (χ4v) is 5.30. The van der Waals surface area contributed by atoms with Crippen LogP contribution in [0.15, 0.2) is 6.20 Å². The number of halogens is 1. The summed E-state index contributed by atoms with van der Waals surface area (Å²) in [5.41, 5.74) is 14.8. The Hall–Kier alpha value is -3.14. The SMILES string of the molecule is COc1c(C)cnc(CN2C[C@H](CC(=O)N3CCCC(C(N)=O)C3)c3c(Cl)nc(N)nc32)c1C. The molecule has 10 nitrogen and oxygen atoms in total. The molecule has 4 N–H and O–H groups in total. The summed E-state index contributed by atoms with van der Waals surface area (Å²) in [7, 11) is 1.64. The highest BCUT2D eigenvalue weighted by molar-refractivity contribution is 6.30. The molecule has 2 amide bonds. The van der Waals surface area contributed by atoms with Gasteiger partial charge in [-0.2, -0.15) is 4.98 Å². The van der Waals surface area contributed by atoms with Crippen molar-refractivity contribution >= 4 is 35.2 Å². The van der Waals surface area contributed by atoms with Crippen molar-refractivity contribution in [3.8, 4) is 5.75 Å². The van der Waals surface area contributed by atoms with Gasteiger partial charge in [0.25, 0.3) is 0 Å². The fraction of sp³-hybridized carbons (Fsp3) is 0.522. The molecule has 34 heavy (non-hydrogen) atoms. The molecular formula is C23H30ClN7O3. The maximum Gasteiger partial charge on any atom is 0.223 e. The molecule has 2 atom stereocenters. The van der Waals surface area contributed by atoms with Crippen LogP contribution < -0.4 is 21.1 Å². The zero-order valence-corrected chi connectivity index (χ0v) is 20.4. The molecule has 4 rings (SSSR count). The van der Waals surface area contributed by atoms with E-state index in [9.17, 15) is 9.59 Å². The van der Waals surface area contributed by atoms with Crippen molar-refractivity contribution in [3.63, 3.8) is 0 Å². The number of methoxy groups -OCH3 is 1. The number of nitrogen functional groups attached to an aromatic ring is 1. The third-order valence-corrected chi connectivity index (χ3v) is 7.02. The maximum atomic E-state index is 13.2. The number of primary amides is 1. The number of anilines is 2. The van der Waals surface area contributed by atoms with Crippen molar-refractivity contribution in [2.45, 2.75) is 45.6 Å². The minimum Gasteiger partial charge on any atom is -0.496 e. The standard InChI is InChI=1S/C23H30ClN7O3/c1-12-8-27-16(13(2)19(12)34-3)11-31-10-15(18-20(24)28-23(26)29-22(18)31)7-17(32)30-6-4-5-14(9-30)21(25)33/h8,14-15H,4-7,9-11H2,1-3H3,(H2,25,33)(H2,26,28,29)/t14?,15-/m0/s1. The highest BCUT2D eigenvalue weighted by Gasteiger charge is 2.37. The quantitative estimate of drug-likeness (QED) is 0.589. The Morgan fingerprint density at radius 2 is 2.03 bits per heavy atom. The predicted octanol–water partition coefficient (Wildman–Crippen LogP) is 1.95. The van der Waals surface area contributed by atoms with Gasteiger partial charge in [-0.1, -0.05) is 11.6 Å². The van der Waals surface area contributed by atoms with Crippen molar-refractivity contribution in [2.24, 2.45) is 11.7 Å². The van der Waals surface area contributed by atoms with E-state index >= 15 is 0 Å². The molecule has 1 fully saturated rings. The van der Waals surface area contributed by atoms with Crippen LogP contribution in [0.3, 0.4) is 0 Å². The van der Waals surface area contributed by atoms with Crippen molar-refractivity contribution in [2.75, 3.05) is 37.4 Å². The van der Waals surface area contributed by atoms with E-state index in [-0.39, 0.29) is 41.2 Å². The molecule has 2 aromatic heterocycles. The number of rotatable bonds is 6. The third kappa shape index (κ3) is 4.59. The molecule has 2 aliphatic heterocycles. The summed E-state index contributed by atoms with van der Waals surface area (Å²) in [4.78, 5) is 41.7. The lowest BCUT2D eigenvalue weighted by molar-refractivity contribution is -0.135. The number of aryl methyl sites for hydroxylation is 1. The van der Waals surface area contributed by atoms with Crippen LogP contribution in [0.1, 0.15) is 47.6 Å². The Labute approximate surface area is 203 Å². The number of amides is 2. The molecule has 2 aromatic rings. The van der Waals surface area contributed by atoms with Gasteiger partial charge < -0.3 is 26.0 Å². The first-order chi connectivity index (χ1) is 16.2. The summed E-state index contributed by atoms with van der Waals surface area (Å²) in [5.74, 6) is 0.572. The van der Waals surface area contributed by atoms with Gasteiger partial charge in [-0.25, -0.2) is 4.98 Å². The van der Waals surface area contributed by atoms with Gasteiger partial charge in [0.1, 0.15) is 16.7 Å². The van der Waals surface area contributed by atoms with Crippen LogP contribution in [0.5, 0.6) is 5.75 Å². The molecule has 2 aliphatic rings. The predicted molar refractivity (Wildman–Crippen MR) is 129 cm³/mol. The number of likely N-dealkylation sites (tertiary alicyclic amines) is 1. The number of ether oxygens (including phenoxy) is 1. The molecule has 0 radical (unpaired) electrons. The summed E-state index contributed by atoms with van der Waals surface area (Å²) in [6.45, 7) is 5.87. The van der Waals surface area contributed by atoms with Crippen LogP contribution in [-0.2, 0) is 16.1 Å². The molecule has 0 saturated carbocycles. The molecule has 11 heteroatoms. The summed E-state index contributed by atoms with van der Waals surface area (Å²) in [5, 5.41) is 0.252. The van der Waals surface area contributed by atoms with Gasteiger partial charge in [0, 0.05) is 54.9 Å². The van der Waals surface area contributed by atoms with Crippen molar-refractivity contribution < 1.29 is 14.3 Å². The number of piperidine rings is 1. The number of carbonyl (C=O) groups excluding carboxylic acids is 2. The first kappa shape index (κ1) is 24.0. The minimum atomic E-state index is -0.363. The van der Waals surface area contributed by atoms with Gasteiger partial charge in [-0.15, -0.1) is 0 Å². The smallest absolute Gasteiger partial charge is 0.223 e. The van der Waals surface area contributed by atoms with E-state index in [0.717, 1.165) is 29.0 Å². The number of aromatic nitrogens is 3. The number of nitrogens with two attached hydrogens (primary N) is 2. The highest BCUT2D eigenvalue weighted by Crippen LogP contribution is 2.42. The van der Waals surface area contributed by atoms with Crippen molar-refractivity contribution in [3.05, 3.63) is 33.7 Å². The Balaban J connectivity index is 1.58. The average molecular weight is 488 g/mol. The van der Waals surface area contributed by atoms with E-state index in [1.54, 1.807) is 18.2 Å². The molecule has 182 valence electrons. The number of nitrogens with zero attached hydrogens (tertiary/aromatic N) is 5. The highest BCUT2D eigenvalue weighted by atomic mass is 35.5. The molecule has 1 unspecified atom stereocenters. The molecule has 1 saturated heterocycles. The van der Waals surface area contributed by atoms with Gasteiger partial charge >= 0.3 is 0 Å². The summed E-state index contributed by atoms with van der Waals surface area (Å²) < 4.78 is 5.55. The number of carbonyl (C=O) groups is 2. The van der Waals surface area contributed by atoms with Crippen LogP contribution in [0, 0.1) is 19.8 Å². The average Bonchev–Trinajstić information content (AvgIpc) is 3.13. The second-order valence-corrected chi connectivity index (χ2v) is 9.38. The Bertz CT molecular complexity index is 1130. The lowest BCUT2D eigenvalue weighted by atomic mass is 9.95. The maximum absolute atomic E-state index is 13.2. The lowest BCUT2D eigenvalue weighted by Gasteiger charge is -2.32. The van der Waals surface area contributed by atoms with Crippen LogP contribution in [0.2, 0.25) is 5.15 Å². The fourth-order valence-electron chi connectivity index (χ4n) is 4.98. The summed E-state index contributed by atoms with van der Waals surface area (Å²) >= 11 is 6.49. The van der Waals surface area contributed by atoms with Crippen LogP contribution in [0.4, 0.5) is 11.8 Å². The zero-order valence-electron chi connectivity index (χ0n) is 19.7. The molecule has 4 heterocycles. The first-order valence-corrected chi connectivity index (χ1v) is 11.7. The number of fused-ring (bicyclic) bond motifs is 1. The number of hydrogen-bond acceptors (Lipinski definition) is 8. The van der Waals surface area contributed by atoms with Crippen LogP contribution in [0.25, 0.3) is 0 Å². The summed E-state index contributed by atoms with van der Waals surface area (Å²) in [6, 6.07) is 0. The van der Waals surface area contributed by atoms with E-state index in [1.165, 1.54) is 0 Å². The second-order valence-electron chi connectivity index (χ2n) is 9.02. The molecule has 0 bridgehead atoms.